The van der Waals surface area contributed by atoms with E-state index in [2.05, 4.69) is 32.5 Å². The Morgan fingerprint density at radius 3 is 2.75 bits per heavy atom. The zero-order chi connectivity index (χ0) is 13.5. The molecule has 20 heavy (non-hydrogen) atoms. The minimum Gasteiger partial charge on any atom is -0.355 e. The maximum atomic E-state index is 9.05. The van der Waals surface area contributed by atoms with Crippen molar-refractivity contribution in [3.8, 4) is 17.3 Å². The number of benzene rings is 2. The Morgan fingerprint density at radius 2 is 1.85 bits per heavy atom. The van der Waals surface area contributed by atoms with Crippen LogP contribution in [0.15, 0.2) is 42.5 Å². The second-order valence-corrected chi connectivity index (χ2v) is 4.58. The zero-order valence-electron chi connectivity index (χ0n) is 10.4. The average molecular weight is 259 g/mol. The Hall–Kier alpha value is -3.13. The summed E-state index contributed by atoms with van der Waals surface area (Å²) in [6, 6.07) is 16.2. The molecule has 0 saturated carbocycles. The highest BCUT2D eigenvalue weighted by atomic mass is 15.3. The fourth-order valence-corrected chi connectivity index (χ4v) is 2.50. The predicted octanol–water partition coefficient (Wildman–Crippen LogP) is 2.98. The van der Waals surface area contributed by atoms with E-state index in [0.29, 0.717) is 11.4 Å². The van der Waals surface area contributed by atoms with Crippen LogP contribution in [-0.4, -0.2) is 20.4 Å². The second kappa shape index (κ2) is 3.93. The van der Waals surface area contributed by atoms with Gasteiger partial charge in [0.1, 0.15) is 11.8 Å². The van der Waals surface area contributed by atoms with Crippen molar-refractivity contribution in [3.05, 3.63) is 48.2 Å². The van der Waals surface area contributed by atoms with E-state index in [0.717, 1.165) is 27.4 Å². The number of para-hydroxylation sites is 1. The Bertz CT molecular complexity index is 971. The van der Waals surface area contributed by atoms with Crippen molar-refractivity contribution in [2.24, 2.45) is 0 Å². The Kier molecular flexibility index (Phi) is 2.12. The minimum atomic E-state index is 0.379. The van der Waals surface area contributed by atoms with Gasteiger partial charge in [0.2, 0.25) is 0 Å². The van der Waals surface area contributed by atoms with Crippen molar-refractivity contribution >= 4 is 21.8 Å². The van der Waals surface area contributed by atoms with Crippen molar-refractivity contribution < 1.29 is 0 Å². The van der Waals surface area contributed by atoms with Crippen LogP contribution in [0.4, 0.5) is 0 Å². The van der Waals surface area contributed by atoms with E-state index in [1.807, 2.05) is 36.4 Å². The molecule has 4 rings (SSSR count). The summed E-state index contributed by atoms with van der Waals surface area (Å²) >= 11 is 0. The molecule has 0 radical (unpaired) electrons. The molecule has 0 spiro atoms. The third-order valence-electron chi connectivity index (χ3n) is 3.44. The first kappa shape index (κ1) is 10.8. The molecule has 2 aromatic heterocycles. The highest BCUT2D eigenvalue weighted by molar-refractivity contribution is 6.08. The summed E-state index contributed by atoms with van der Waals surface area (Å²) < 4.78 is 0. The van der Waals surface area contributed by atoms with Gasteiger partial charge >= 0.3 is 0 Å². The largest absolute Gasteiger partial charge is 0.355 e. The number of hydrogen-bond donors (Lipinski definition) is 2. The van der Waals surface area contributed by atoms with Gasteiger partial charge in [-0.2, -0.15) is 5.26 Å². The molecule has 2 aromatic carbocycles. The SMILES string of the molecule is N#Cc1[nH]nnc1-c1ccc2[nH]c3ccccc3c2c1. The second-order valence-electron chi connectivity index (χ2n) is 4.58. The van der Waals surface area contributed by atoms with E-state index >= 15 is 0 Å². The standard InChI is InChI=1S/C15H9N5/c16-8-14-15(19-20-18-14)9-5-6-13-11(7-9)10-3-1-2-4-12(10)17-13/h1-7,17H,(H,18,19,20). The van der Waals surface area contributed by atoms with Gasteiger partial charge in [-0.25, -0.2) is 5.10 Å². The van der Waals surface area contributed by atoms with Gasteiger partial charge < -0.3 is 4.98 Å². The van der Waals surface area contributed by atoms with E-state index < -0.39 is 0 Å². The first-order valence-corrected chi connectivity index (χ1v) is 6.19. The van der Waals surface area contributed by atoms with Crippen molar-refractivity contribution in [2.75, 3.05) is 0 Å². The Labute approximate surface area is 113 Å². The Morgan fingerprint density at radius 1 is 1.00 bits per heavy atom. The summed E-state index contributed by atoms with van der Waals surface area (Å²) in [6.45, 7) is 0. The number of rotatable bonds is 1. The lowest BCUT2D eigenvalue weighted by atomic mass is 10.1. The minimum absolute atomic E-state index is 0.379. The molecule has 0 aliphatic carbocycles. The number of nitriles is 1. The number of nitrogens with one attached hydrogen (secondary N) is 2. The number of hydrogen-bond acceptors (Lipinski definition) is 3. The van der Waals surface area contributed by atoms with Gasteiger partial charge in [-0.05, 0) is 18.2 Å². The lowest BCUT2D eigenvalue weighted by Gasteiger charge is -1.97. The first-order valence-electron chi connectivity index (χ1n) is 6.19. The van der Waals surface area contributed by atoms with Gasteiger partial charge in [-0.15, -0.1) is 5.10 Å². The van der Waals surface area contributed by atoms with Crippen molar-refractivity contribution in [1.82, 2.24) is 20.4 Å². The third kappa shape index (κ3) is 1.42. The molecule has 0 amide bonds. The summed E-state index contributed by atoms with van der Waals surface area (Å²) in [6.07, 6.45) is 0. The predicted molar refractivity (Wildman–Crippen MR) is 75.9 cm³/mol. The molecule has 0 aliphatic rings. The summed E-state index contributed by atoms with van der Waals surface area (Å²) in [7, 11) is 0. The average Bonchev–Trinajstić information content (AvgIpc) is 3.10. The van der Waals surface area contributed by atoms with Gasteiger partial charge in [0.25, 0.3) is 0 Å². The van der Waals surface area contributed by atoms with Crippen LogP contribution in [0, 0.1) is 11.3 Å². The summed E-state index contributed by atoms with van der Waals surface area (Å²) in [5.74, 6) is 0. The van der Waals surface area contributed by atoms with Crippen LogP contribution in [0.3, 0.4) is 0 Å². The number of aromatic nitrogens is 4. The topological polar surface area (TPSA) is 81.2 Å². The normalized spacial score (nSPS) is 10.9. The lowest BCUT2D eigenvalue weighted by molar-refractivity contribution is 0.937. The van der Waals surface area contributed by atoms with Gasteiger partial charge in [-0.3, -0.25) is 0 Å². The first-order chi connectivity index (χ1) is 9.86. The molecular weight excluding hydrogens is 250 g/mol. The van der Waals surface area contributed by atoms with E-state index in [9.17, 15) is 0 Å². The summed E-state index contributed by atoms with van der Waals surface area (Å²) in [5, 5.41) is 21.6. The summed E-state index contributed by atoms with van der Waals surface area (Å²) in [4.78, 5) is 3.37. The van der Waals surface area contributed by atoms with Crippen LogP contribution >= 0.6 is 0 Å². The molecule has 0 unspecified atom stereocenters. The van der Waals surface area contributed by atoms with Crippen LogP contribution in [0.1, 0.15) is 5.69 Å². The molecule has 5 nitrogen and oxygen atoms in total. The molecule has 94 valence electrons. The van der Waals surface area contributed by atoms with E-state index in [4.69, 9.17) is 5.26 Å². The van der Waals surface area contributed by atoms with Crippen LogP contribution in [0.5, 0.6) is 0 Å². The highest BCUT2D eigenvalue weighted by Gasteiger charge is 2.11. The van der Waals surface area contributed by atoms with Crippen molar-refractivity contribution in [2.45, 2.75) is 0 Å². The molecule has 4 aromatic rings. The van der Waals surface area contributed by atoms with Crippen molar-refractivity contribution in [1.29, 1.82) is 5.26 Å². The number of H-pyrrole nitrogens is 2. The van der Waals surface area contributed by atoms with Crippen LogP contribution < -0.4 is 0 Å². The maximum Gasteiger partial charge on any atom is 0.163 e. The molecule has 0 atom stereocenters. The Balaban J connectivity index is 2.03. The fourth-order valence-electron chi connectivity index (χ4n) is 2.50. The van der Waals surface area contributed by atoms with Crippen LogP contribution in [0.25, 0.3) is 33.1 Å². The molecule has 0 saturated heterocycles. The van der Waals surface area contributed by atoms with Crippen LogP contribution in [-0.2, 0) is 0 Å². The number of fused-ring (bicyclic) bond motifs is 3. The molecule has 0 bridgehead atoms. The number of aromatic amines is 2. The molecular formula is C15H9N5. The molecule has 2 N–H and O–H groups in total. The molecule has 0 aliphatic heterocycles. The fraction of sp³-hybridized carbons (Fsp3) is 0. The molecule has 0 fully saturated rings. The lowest BCUT2D eigenvalue weighted by Crippen LogP contribution is -1.82. The van der Waals surface area contributed by atoms with E-state index in [1.54, 1.807) is 0 Å². The van der Waals surface area contributed by atoms with E-state index in [1.165, 1.54) is 0 Å². The van der Waals surface area contributed by atoms with Crippen LogP contribution in [0.2, 0.25) is 0 Å². The maximum absolute atomic E-state index is 9.05. The third-order valence-corrected chi connectivity index (χ3v) is 3.44. The summed E-state index contributed by atoms with van der Waals surface area (Å²) in [5.41, 5.74) is 4.01. The zero-order valence-corrected chi connectivity index (χ0v) is 10.4. The quantitative estimate of drug-likeness (QED) is 0.551. The van der Waals surface area contributed by atoms with Crippen molar-refractivity contribution in [3.63, 3.8) is 0 Å². The van der Waals surface area contributed by atoms with Gasteiger partial charge in [0.15, 0.2) is 5.69 Å². The van der Waals surface area contributed by atoms with Gasteiger partial charge in [-0.1, -0.05) is 29.5 Å². The monoisotopic (exact) mass is 259 g/mol. The van der Waals surface area contributed by atoms with Gasteiger partial charge in [0.05, 0.1) is 0 Å². The number of nitrogens with zero attached hydrogens (tertiary/aromatic N) is 3. The van der Waals surface area contributed by atoms with Gasteiger partial charge in [0, 0.05) is 27.4 Å². The van der Waals surface area contributed by atoms with E-state index in [-0.39, 0.29) is 0 Å². The molecule has 5 heteroatoms. The smallest absolute Gasteiger partial charge is 0.163 e. The highest BCUT2D eigenvalue weighted by Crippen LogP contribution is 2.29. The molecule has 2 heterocycles.